The number of hydrogen-bond acceptors (Lipinski definition) is 4. The summed E-state index contributed by atoms with van der Waals surface area (Å²) in [6.45, 7) is 5.75. The fourth-order valence-electron chi connectivity index (χ4n) is 3.37. The van der Waals surface area contributed by atoms with Crippen LogP contribution in [-0.2, 0) is 11.3 Å². The monoisotopic (exact) mass is 384 g/mol. The molecule has 1 N–H and O–H groups in total. The van der Waals surface area contributed by atoms with Crippen LogP contribution >= 0.6 is 0 Å². The smallest absolute Gasteiger partial charge is 0.251 e. The first-order valence-electron chi connectivity index (χ1n) is 9.82. The highest BCUT2D eigenvalue weighted by atomic mass is 16.5. The highest BCUT2D eigenvalue weighted by molar-refractivity contribution is 5.94. The lowest BCUT2D eigenvalue weighted by Gasteiger charge is -2.25. The summed E-state index contributed by atoms with van der Waals surface area (Å²) in [5, 5.41) is 2.87. The molecule has 2 heterocycles. The van der Waals surface area contributed by atoms with E-state index in [-0.39, 0.29) is 23.9 Å². The largest absolute Gasteiger partial charge is 0.491 e. The minimum absolute atomic E-state index is 0.0907. The summed E-state index contributed by atoms with van der Waals surface area (Å²) in [5.74, 6) is 0.770. The summed E-state index contributed by atoms with van der Waals surface area (Å²) < 4.78 is 7.81. The van der Waals surface area contributed by atoms with Crippen LogP contribution in [0.5, 0.6) is 5.75 Å². The van der Waals surface area contributed by atoms with Gasteiger partial charge in [-0.1, -0.05) is 0 Å². The van der Waals surface area contributed by atoms with Crippen LogP contribution in [0, 0.1) is 0 Å². The van der Waals surface area contributed by atoms with Gasteiger partial charge in [0.05, 0.1) is 12.4 Å². The molecule has 1 unspecified atom stereocenters. The molecule has 28 heavy (non-hydrogen) atoms. The summed E-state index contributed by atoms with van der Waals surface area (Å²) in [6.07, 6.45) is 7.72. The van der Waals surface area contributed by atoms with Gasteiger partial charge in [-0.05, 0) is 51.0 Å². The Kier molecular flexibility index (Phi) is 6.68. The Labute approximate surface area is 165 Å². The SMILES string of the molecule is CC(C)NC(=O)c1ccc(OCC2CCCN2C(=O)CCn2ccnc2)cc1. The molecule has 0 spiro atoms. The maximum absolute atomic E-state index is 12.6. The van der Waals surface area contributed by atoms with Crippen LogP contribution in [0.4, 0.5) is 0 Å². The molecule has 150 valence electrons. The van der Waals surface area contributed by atoms with Gasteiger partial charge in [0.15, 0.2) is 0 Å². The van der Waals surface area contributed by atoms with Crippen LogP contribution in [0.2, 0.25) is 0 Å². The van der Waals surface area contributed by atoms with Crippen molar-refractivity contribution in [2.24, 2.45) is 0 Å². The predicted octanol–water partition coefficient (Wildman–Crippen LogP) is 2.48. The second-order valence-electron chi connectivity index (χ2n) is 7.40. The average Bonchev–Trinajstić information content (AvgIpc) is 3.36. The van der Waals surface area contributed by atoms with Crippen LogP contribution in [0.1, 0.15) is 43.5 Å². The Morgan fingerprint density at radius 1 is 1.29 bits per heavy atom. The molecule has 0 bridgehead atoms. The van der Waals surface area contributed by atoms with Gasteiger partial charge in [0.25, 0.3) is 5.91 Å². The number of aromatic nitrogens is 2. The maximum atomic E-state index is 12.6. The van der Waals surface area contributed by atoms with Gasteiger partial charge in [-0.25, -0.2) is 4.98 Å². The van der Waals surface area contributed by atoms with E-state index in [0.29, 0.717) is 30.9 Å². The fraction of sp³-hybridized carbons (Fsp3) is 0.476. The molecule has 7 nitrogen and oxygen atoms in total. The number of rotatable bonds is 8. The topological polar surface area (TPSA) is 76.5 Å². The van der Waals surface area contributed by atoms with Crippen LogP contribution in [0.15, 0.2) is 43.0 Å². The number of carbonyl (C=O) groups excluding carboxylic acids is 2. The average molecular weight is 384 g/mol. The molecule has 2 amide bonds. The van der Waals surface area contributed by atoms with E-state index >= 15 is 0 Å². The number of aryl methyl sites for hydroxylation is 1. The molecule has 3 rings (SSSR count). The summed E-state index contributed by atoms with van der Waals surface area (Å²) >= 11 is 0. The van der Waals surface area contributed by atoms with Crippen LogP contribution < -0.4 is 10.1 Å². The second kappa shape index (κ2) is 9.39. The third-order valence-electron chi connectivity index (χ3n) is 4.82. The van der Waals surface area contributed by atoms with Crippen molar-refractivity contribution in [3.8, 4) is 5.75 Å². The number of likely N-dealkylation sites (tertiary alicyclic amines) is 1. The van der Waals surface area contributed by atoms with E-state index in [1.165, 1.54) is 0 Å². The molecule has 7 heteroatoms. The fourth-order valence-corrected chi connectivity index (χ4v) is 3.37. The first-order valence-corrected chi connectivity index (χ1v) is 9.82. The number of nitrogens with one attached hydrogen (secondary N) is 1. The van der Waals surface area contributed by atoms with Gasteiger partial charge < -0.3 is 19.5 Å². The Morgan fingerprint density at radius 3 is 2.75 bits per heavy atom. The minimum Gasteiger partial charge on any atom is -0.491 e. The van der Waals surface area contributed by atoms with E-state index in [0.717, 1.165) is 19.4 Å². The Hall–Kier alpha value is -2.83. The Morgan fingerprint density at radius 2 is 2.07 bits per heavy atom. The predicted molar refractivity (Wildman–Crippen MR) is 106 cm³/mol. The quantitative estimate of drug-likeness (QED) is 0.759. The highest BCUT2D eigenvalue weighted by Gasteiger charge is 2.28. The number of carbonyl (C=O) groups is 2. The zero-order valence-electron chi connectivity index (χ0n) is 16.5. The molecule has 2 aromatic rings. The molecular weight excluding hydrogens is 356 g/mol. The summed E-state index contributed by atoms with van der Waals surface area (Å²) in [6, 6.07) is 7.32. The van der Waals surface area contributed by atoms with Crippen LogP contribution in [-0.4, -0.2) is 51.5 Å². The zero-order chi connectivity index (χ0) is 19.9. The van der Waals surface area contributed by atoms with Crippen molar-refractivity contribution in [3.05, 3.63) is 48.5 Å². The van der Waals surface area contributed by atoms with Crippen molar-refractivity contribution in [1.82, 2.24) is 19.8 Å². The van der Waals surface area contributed by atoms with E-state index in [2.05, 4.69) is 10.3 Å². The molecular formula is C21H28N4O3. The van der Waals surface area contributed by atoms with Gasteiger partial charge >= 0.3 is 0 Å². The van der Waals surface area contributed by atoms with Crippen molar-refractivity contribution in [1.29, 1.82) is 0 Å². The Bertz CT molecular complexity index is 771. The first-order chi connectivity index (χ1) is 13.5. The number of nitrogens with zero attached hydrogens (tertiary/aromatic N) is 3. The molecule has 1 aromatic heterocycles. The van der Waals surface area contributed by atoms with Gasteiger partial charge in [-0.2, -0.15) is 0 Å². The third kappa shape index (κ3) is 5.34. The summed E-state index contributed by atoms with van der Waals surface area (Å²) in [5.41, 5.74) is 0.609. The van der Waals surface area contributed by atoms with Crippen molar-refractivity contribution in [2.45, 2.75) is 51.7 Å². The molecule has 0 radical (unpaired) electrons. The van der Waals surface area contributed by atoms with E-state index in [9.17, 15) is 9.59 Å². The van der Waals surface area contributed by atoms with Gasteiger partial charge in [-0.3, -0.25) is 9.59 Å². The number of imidazole rings is 1. The lowest BCUT2D eigenvalue weighted by Crippen LogP contribution is -2.39. The van der Waals surface area contributed by atoms with E-state index in [4.69, 9.17) is 4.74 Å². The van der Waals surface area contributed by atoms with Gasteiger partial charge in [-0.15, -0.1) is 0 Å². The number of benzene rings is 1. The van der Waals surface area contributed by atoms with Crippen molar-refractivity contribution >= 4 is 11.8 Å². The lowest BCUT2D eigenvalue weighted by atomic mass is 10.2. The van der Waals surface area contributed by atoms with Crippen molar-refractivity contribution < 1.29 is 14.3 Å². The second-order valence-corrected chi connectivity index (χ2v) is 7.40. The van der Waals surface area contributed by atoms with Gasteiger partial charge in [0.1, 0.15) is 12.4 Å². The molecule has 0 saturated carbocycles. The van der Waals surface area contributed by atoms with Gasteiger partial charge in [0, 0.05) is 43.5 Å². The van der Waals surface area contributed by atoms with Gasteiger partial charge in [0.2, 0.25) is 5.91 Å². The lowest BCUT2D eigenvalue weighted by molar-refractivity contribution is -0.132. The molecule has 1 saturated heterocycles. The standard InChI is InChI=1S/C21H28N4O3/c1-16(2)23-21(27)17-5-7-19(8-6-17)28-14-18-4-3-11-25(18)20(26)9-12-24-13-10-22-15-24/h5-8,10,13,15-16,18H,3-4,9,11-12,14H2,1-2H3,(H,23,27). The first kappa shape index (κ1) is 19.9. The molecule has 1 atom stereocenters. The third-order valence-corrected chi connectivity index (χ3v) is 4.82. The molecule has 1 fully saturated rings. The van der Waals surface area contributed by atoms with Crippen LogP contribution in [0.25, 0.3) is 0 Å². The number of hydrogen-bond donors (Lipinski definition) is 1. The number of amides is 2. The van der Waals surface area contributed by atoms with Crippen molar-refractivity contribution in [2.75, 3.05) is 13.2 Å². The number of ether oxygens (including phenoxy) is 1. The molecule has 1 aliphatic heterocycles. The normalized spacial score (nSPS) is 16.4. The summed E-state index contributed by atoms with van der Waals surface area (Å²) in [4.78, 5) is 30.5. The minimum atomic E-state index is -0.0907. The summed E-state index contributed by atoms with van der Waals surface area (Å²) in [7, 11) is 0. The van der Waals surface area contributed by atoms with Crippen LogP contribution in [0.3, 0.4) is 0 Å². The molecule has 0 aliphatic carbocycles. The van der Waals surface area contributed by atoms with E-state index < -0.39 is 0 Å². The molecule has 1 aromatic carbocycles. The molecule has 1 aliphatic rings. The maximum Gasteiger partial charge on any atom is 0.251 e. The van der Waals surface area contributed by atoms with E-state index in [1.54, 1.807) is 36.8 Å². The highest BCUT2D eigenvalue weighted by Crippen LogP contribution is 2.21. The van der Waals surface area contributed by atoms with Crippen molar-refractivity contribution in [3.63, 3.8) is 0 Å². The zero-order valence-corrected chi connectivity index (χ0v) is 16.5. The Balaban J connectivity index is 1.49. The van der Waals surface area contributed by atoms with E-state index in [1.807, 2.05) is 29.5 Å².